The van der Waals surface area contributed by atoms with Crippen LogP contribution in [0.5, 0.6) is 0 Å². The molecular formula is C8H20N4O2+2. The van der Waals surface area contributed by atoms with Gasteiger partial charge in [0.05, 0.1) is 13.2 Å². The van der Waals surface area contributed by atoms with Crippen LogP contribution in [-0.2, 0) is 9.53 Å². The van der Waals surface area contributed by atoms with Crippen molar-refractivity contribution in [2.75, 3.05) is 13.2 Å². The van der Waals surface area contributed by atoms with Crippen LogP contribution in [0.15, 0.2) is 0 Å². The Hall–Kier alpha value is -1.30. The van der Waals surface area contributed by atoms with Crippen molar-refractivity contribution >= 4 is 11.9 Å². The molecule has 1 atom stereocenters. The van der Waals surface area contributed by atoms with Gasteiger partial charge in [0.25, 0.3) is 0 Å². The van der Waals surface area contributed by atoms with Crippen LogP contribution >= 0.6 is 0 Å². The topological polar surface area (TPSA) is 120 Å². The van der Waals surface area contributed by atoms with Crippen LogP contribution in [0, 0.1) is 0 Å². The van der Waals surface area contributed by atoms with Gasteiger partial charge in [0.15, 0.2) is 6.04 Å². The predicted molar refractivity (Wildman–Crippen MR) is 51.8 cm³/mol. The summed E-state index contributed by atoms with van der Waals surface area (Å²) in [6, 6.07) is -0.309. The van der Waals surface area contributed by atoms with Gasteiger partial charge in [-0.3, -0.25) is 16.5 Å². The Morgan fingerprint density at radius 3 is 2.71 bits per heavy atom. The number of esters is 1. The molecule has 82 valence electrons. The fourth-order valence-corrected chi connectivity index (χ4v) is 0.959. The molecule has 0 rings (SSSR count). The van der Waals surface area contributed by atoms with Gasteiger partial charge in [0.1, 0.15) is 0 Å². The Morgan fingerprint density at radius 2 is 2.21 bits per heavy atom. The van der Waals surface area contributed by atoms with Gasteiger partial charge < -0.3 is 10.5 Å². The first kappa shape index (κ1) is 12.7. The van der Waals surface area contributed by atoms with Crippen molar-refractivity contribution in [1.82, 2.24) is 0 Å². The van der Waals surface area contributed by atoms with Gasteiger partial charge in [-0.15, -0.1) is 0 Å². The summed E-state index contributed by atoms with van der Waals surface area (Å²) in [7, 11) is 0. The third-order valence-electron chi connectivity index (χ3n) is 1.68. The molecule has 6 nitrogen and oxygen atoms in total. The minimum atomic E-state index is -0.309. The van der Waals surface area contributed by atoms with E-state index in [9.17, 15) is 4.79 Å². The summed E-state index contributed by atoms with van der Waals surface area (Å²) in [5.41, 5.74) is 14.1. The molecular weight excluding hydrogens is 184 g/mol. The van der Waals surface area contributed by atoms with Crippen LogP contribution < -0.4 is 22.2 Å². The Bertz CT molecular complexity index is 202. The fourth-order valence-electron chi connectivity index (χ4n) is 0.959. The maximum absolute atomic E-state index is 11.1. The van der Waals surface area contributed by atoms with Crippen LogP contribution in [-0.4, -0.2) is 31.1 Å². The van der Waals surface area contributed by atoms with E-state index in [1.54, 1.807) is 6.92 Å². The molecule has 0 saturated carbocycles. The highest BCUT2D eigenvalue weighted by Gasteiger charge is 2.17. The van der Waals surface area contributed by atoms with Crippen LogP contribution in [0.25, 0.3) is 0 Å². The number of guanidine groups is 1. The van der Waals surface area contributed by atoms with Gasteiger partial charge in [0, 0.05) is 6.42 Å². The standard InChI is InChI=1S/C8H18N4O2/c1-2-14-7(13)6(9)4-3-5-12-8(10)11/h6H,2-5,9H2,1H3,(H4,10,11,12)/p+2/t6-/m0/s1. The van der Waals surface area contributed by atoms with Gasteiger partial charge in [-0.2, -0.15) is 0 Å². The smallest absolute Gasteiger partial charge is 0.364 e. The largest absolute Gasteiger partial charge is 0.462 e. The maximum Gasteiger partial charge on any atom is 0.364 e. The summed E-state index contributed by atoms with van der Waals surface area (Å²) in [5, 5.41) is 0. The second kappa shape index (κ2) is 7.14. The van der Waals surface area contributed by atoms with Crippen molar-refractivity contribution in [1.29, 1.82) is 0 Å². The summed E-state index contributed by atoms with van der Waals surface area (Å²) in [6.45, 7) is 2.82. The van der Waals surface area contributed by atoms with Gasteiger partial charge in [-0.25, -0.2) is 4.79 Å². The van der Waals surface area contributed by atoms with Crippen molar-refractivity contribution in [3.63, 3.8) is 0 Å². The zero-order valence-electron chi connectivity index (χ0n) is 8.58. The first-order chi connectivity index (χ1) is 6.57. The molecule has 0 spiro atoms. The van der Waals surface area contributed by atoms with E-state index in [0.29, 0.717) is 19.6 Å². The summed E-state index contributed by atoms with van der Waals surface area (Å²) in [5.74, 6) is -0.0565. The van der Waals surface area contributed by atoms with E-state index in [-0.39, 0.29) is 18.0 Å². The summed E-state index contributed by atoms with van der Waals surface area (Å²) in [6.07, 6.45) is 1.45. The summed E-state index contributed by atoms with van der Waals surface area (Å²) < 4.78 is 4.81. The van der Waals surface area contributed by atoms with Crippen molar-refractivity contribution < 1.29 is 20.3 Å². The molecule has 0 heterocycles. The highest BCUT2D eigenvalue weighted by molar-refractivity contribution is 5.73. The third kappa shape index (κ3) is 6.24. The Labute approximate surface area is 83.5 Å². The fraction of sp³-hybridized carbons (Fsp3) is 0.750. The molecule has 0 aromatic rings. The number of hydrogen-bond donors (Lipinski definition) is 4. The zero-order valence-corrected chi connectivity index (χ0v) is 8.58. The van der Waals surface area contributed by atoms with Crippen molar-refractivity contribution in [3.05, 3.63) is 0 Å². The van der Waals surface area contributed by atoms with Crippen molar-refractivity contribution in [3.8, 4) is 0 Å². The highest BCUT2D eigenvalue weighted by Crippen LogP contribution is 1.92. The molecule has 0 fully saturated rings. The molecule has 14 heavy (non-hydrogen) atoms. The molecule has 0 aliphatic heterocycles. The van der Waals surface area contributed by atoms with Crippen LogP contribution in [0.3, 0.4) is 0 Å². The minimum absolute atomic E-state index is 0.196. The lowest BCUT2D eigenvalue weighted by Crippen LogP contribution is -2.78. The molecule has 0 bridgehead atoms. The van der Waals surface area contributed by atoms with Gasteiger partial charge in [-0.1, -0.05) is 0 Å². The monoisotopic (exact) mass is 204 g/mol. The Balaban J connectivity index is 3.58. The second-order valence-electron chi connectivity index (χ2n) is 2.97. The lowest BCUT2D eigenvalue weighted by atomic mass is 10.2. The summed E-state index contributed by atoms with van der Waals surface area (Å²) in [4.78, 5) is 13.9. The highest BCUT2D eigenvalue weighted by atomic mass is 16.5. The van der Waals surface area contributed by atoms with Crippen LogP contribution in [0.4, 0.5) is 0 Å². The minimum Gasteiger partial charge on any atom is -0.462 e. The van der Waals surface area contributed by atoms with E-state index < -0.39 is 0 Å². The quantitative estimate of drug-likeness (QED) is 0.154. The number of rotatable bonds is 6. The number of nitrogens with one attached hydrogen (secondary N) is 1. The molecule has 0 amide bonds. The van der Waals surface area contributed by atoms with E-state index in [1.165, 1.54) is 0 Å². The third-order valence-corrected chi connectivity index (χ3v) is 1.68. The molecule has 8 N–H and O–H groups in total. The molecule has 0 aliphatic carbocycles. The van der Waals surface area contributed by atoms with Crippen LogP contribution in [0.2, 0.25) is 0 Å². The lowest BCUT2D eigenvalue weighted by molar-refractivity contribution is -0.463. The van der Waals surface area contributed by atoms with E-state index in [1.807, 2.05) is 0 Å². The first-order valence-electron chi connectivity index (χ1n) is 4.69. The SMILES string of the molecule is CCOC(=O)[C@@H]([NH3+])CCC[NH+]=C(N)N. The Morgan fingerprint density at radius 1 is 1.57 bits per heavy atom. The number of hydrogen-bond acceptors (Lipinski definition) is 2. The molecule has 0 aromatic heterocycles. The van der Waals surface area contributed by atoms with Gasteiger partial charge in [0.2, 0.25) is 0 Å². The average molecular weight is 204 g/mol. The molecule has 0 radical (unpaired) electrons. The zero-order chi connectivity index (χ0) is 11.0. The van der Waals surface area contributed by atoms with E-state index in [0.717, 1.165) is 6.42 Å². The van der Waals surface area contributed by atoms with Gasteiger partial charge >= 0.3 is 11.9 Å². The number of ether oxygens (including phenoxy) is 1. The van der Waals surface area contributed by atoms with E-state index >= 15 is 0 Å². The number of nitrogens with two attached hydrogens (primary N) is 2. The van der Waals surface area contributed by atoms with Crippen LogP contribution in [0.1, 0.15) is 19.8 Å². The lowest BCUT2D eigenvalue weighted by Gasteiger charge is -2.05. The molecule has 0 unspecified atom stereocenters. The van der Waals surface area contributed by atoms with E-state index in [4.69, 9.17) is 16.2 Å². The number of carbonyl (C=O) groups excluding carboxylic acids is 1. The van der Waals surface area contributed by atoms with Crippen molar-refractivity contribution in [2.24, 2.45) is 11.5 Å². The Kier molecular flexibility index (Phi) is 6.47. The first-order valence-corrected chi connectivity index (χ1v) is 4.69. The van der Waals surface area contributed by atoms with Crippen molar-refractivity contribution in [2.45, 2.75) is 25.8 Å². The maximum atomic E-state index is 11.1. The molecule has 6 heteroatoms. The number of quaternary nitrogens is 1. The van der Waals surface area contributed by atoms with E-state index in [2.05, 4.69) is 10.7 Å². The predicted octanol–water partition coefficient (Wildman–Crippen LogP) is -3.71. The average Bonchev–Trinajstić information content (AvgIpc) is 2.12. The molecule has 0 saturated heterocycles. The van der Waals surface area contributed by atoms with Gasteiger partial charge in [-0.05, 0) is 13.3 Å². The molecule has 0 aliphatic rings. The second-order valence-corrected chi connectivity index (χ2v) is 2.97. The molecule has 0 aromatic carbocycles. The normalized spacial score (nSPS) is 11.9. The number of carbonyl (C=O) groups is 1. The summed E-state index contributed by atoms with van der Waals surface area (Å²) >= 11 is 0.